The van der Waals surface area contributed by atoms with Gasteiger partial charge in [0.25, 0.3) is 0 Å². The number of sulfonamides is 1. The number of rotatable bonds is 6. The van der Waals surface area contributed by atoms with Crippen LogP contribution < -0.4 is 10.0 Å². The molecule has 0 fully saturated rings. The molecule has 0 atom stereocenters. The second-order valence-electron chi connectivity index (χ2n) is 5.53. The van der Waals surface area contributed by atoms with Gasteiger partial charge in [-0.3, -0.25) is 0 Å². The summed E-state index contributed by atoms with van der Waals surface area (Å²) in [5, 5.41) is 4.17. The van der Waals surface area contributed by atoms with Gasteiger partial charge in [-0.15, -0.1) is 0 Å². The molecule has 0 saturated carbocycles. The van der Waals surface area contributed by atoms with Crippen LogP contribution in [0.4, 0.5) is 11.5 Å². The molecule has 0 unspecified atom stereocenters. The van der Waals surface area contributed by atoms with Gasteiger partial charge >= 0.3 is 0 Å². The number of hydrogen-bond acceptors (Lipinski definition) is 7. The van der Waals surface area contributed by atoms with Gasteiger partial charge in [-0.05, 0) is 31.8 Å². The topological polar surface area (TPSA) is 87.2 Å². The first kappa shape index (κ1) is 17.2. The van der Waals surface area contributed by atoms with Crippen molar-refractivity contribution in [3.05, 3.63) is 36.2 Å². The van der Waals surface area contributed by atoms with Crippen molar-refractivity contribution in [3.63, 3.8) is 0 Å². The Hall–Kier alpha value is -1.68. The molecular weight excluding hydrogens is 346 g/mol. The van der Waals surface area contributed by atoms with Crippen molar-refractivity contribution in [1.82, 2.24) is 19.6 Å². The third-order valence-corrected chi connectivity index (χ3v) is 6.08. The summed E-state index contributed by atoms with van der Waals surface area (Å²) in [4.78, 5) is 11.7. The Labute approximate surface area is 145 Å². The normalized spacial score (nSPS) is 13.3. The van der Waals surface area contributed by atoms with E-state index in [4.69, 9.17) is 0 Å². The molecule has 0 radical (unpaired) electrons. The van der Waals surface area contributed by atoms with Crippen molar-refractivity contribution in [3.8, 4) is 0 Å². The molecule has 1 aliphatic rings. The number of nitrogens with one attached hydrogen (secondary N) is 2. The molecule has 2 aromatic rings. The first-order chi connectivity index (χ1) is 11.5. The van der Waals surface area contributed by atoms with E-state index in [0.717, 1.165) is 27.0 Å². The summed E-state index contributed by atoms with van der Waals surface area (Å²) in [5.74, 6) is 0.850. The van der Waals surface area contributed by atoms with Crippen LogP contribution in [0.3, 0.4) is 0 Å². The third kappa shape index (κ3) is 4.04. The number of hydrogen-bond donors (Lipinski definition) is 2. The van der Waals surface area contributed by atoms with E-state index in [0.29, 0.717) is 13.1 Å². The molecule has 1 aromatic heterocycles. The Balaban J connectivity index is 1.67. The van der Waals surface area contributed by atoms with Crippen LogP contribution in [0, 0.1) is 0 Å². The predicted octanol–water partition coefficient (Wildman–Crippen LogP) is 1.67. The highest BCUT2D eigenvalue weighted by Crippen LogP contribution is 2.42. The molecule has 1 aliphatic heterocycles. The fourth-order valence-corrected chi connectivity index (χ4v) is 3.98. The summed E-state index contributed by atoms with van der Waals surface area (Å²) in [5.41, 5.74) is 2.11. The lowest BCUT2D eigenvalue weighted by molar-refractivity contribution is 0.346. The first-order valence-corrected chi connectivity index (χ1v) is 9.92. The summed E-state index contributed by atoms with van der Waals surface area (Å²) in [7, 11) is 0.167. The molecule has 0 amide bonds. The molecule has 0 aliphatic carbocycles. The van der Waals surface area contributed by atoms with Gasteiger partial charge in [0, 0.05) is 30.4 Å². The van der Waals surface area contributed by atoms with Gasteiger partial charge < -0.3 is 10.2 Å². The van der Waals surface area contributed by atoms with E-state index < -0.39 is 10.0 Å². The largest absolute Gasteiger partial charge is 0.337 e. The van der Waals surface area contributed by atoms with Crippen LogP contribution in [0.15, 0.2) is 40.5 Å². The summed E-state index contributed by atoms with van der Waals surface area (Å²) < 4.78 is 25.3. The minimum atomic E-state index is -3.18. The van der Waals surface area contributed by atoms with Crippen LogP contribution in [0.2, 0.25) is 0 Å². The summed E-state index contributed by atoms with van der Waals surface area (Å²) in [6, 6.07) is 6.18. The lowest BCUT2D eigenvalue weighted by Gasteiger charge is -2.21. The Morgan fingerprint density at radius 1 is 1.29 bits per heavy atom. The monoisotopic (exact) mass is 365 g/mol. The number of benzene rings is 1. The van der Waals surface area contributed by atoms with E-state index in [1.165, 1.54) is 7.05 Å². The Bertz CT molecular complexity index is 842. The maximum Gasteiger partial charge on any atom is 0.212 e. The van der Waals surface area contributed by atoms with Gasteiger partial charge in [0.15, 0.2) is 5.82 Å². The van der Waals surface area contributed by atoms with Crippen molar-refractivity contribution in [2.24, 2.45) is 0 Å². The second kappa shape index (κ2) is 7.06. The molecule has 24 heavy (non-hydrogen) atoms. The minimum absolute atomic E-state index is 0.0853. The maximum atomic E-state index is 11.5. The maximum absolute atomic E-state index is 11.5. The zero-order chi connectivity index (χ0) is 17.2. The average molecular weight is 365 g/mol. The van der Waals surface area contributed by atoms with Crippen molar-refractivity contribution in [1.29, 1.82) is 0 Å². The quantitative estimate of drug-likeness (QED) is 0.687. The zero-order valence-corrected chi connectivity index (χ0v) is 15.1. The van der Waals surface area contributed by atoms with Gasteiger partial charge in [0.05, 0.1) is 11.4 Å². The van der Waals surface area contributed by atoms with E-state index >= 15 is 0 Å². The fraction of sp³-hybridized carbons (Fsp3) is 0.333. The van der Waals surface area contributed by atoms with Crippen LogP contribution in [-0.4, -0.2) is 49.7 Å². The van der Waals surface area contributed by atoms with Crippen LogP contribution in [-0.2, 0) is 16.6 Å². The summed E-state index contributed by atoms with van der Waals surface area (Å²) in [6.07, 6.45) is 3.35. The molecule has 2 N–H and O–H groups in total. The highest BCUT2D eigenvalue weighted by molar-refractivity contribution is 7.99. The molecule has 9 heteroatoms. The van der Waals surface area contributed by atoms with E-state index in [-0.39, 0.29) is 5.75 Å². The summed E-state index contributed by atoms with van der Waals surface area (Å²) >= 11 is 1.59. The van der Waals surface area contributed by atoms with Crippen molar-refractivity contribution >= 4 is 33.3 Å². The molecule has 0 bridgehead atoms. The minimum Gasteiger partial charge on any atom is -0.337 e. The lowest BCUT2D eigenvalue weighted by Crippen LogP contribution is -2.30. The van der Waals surface area contributed by atoms with E-state index in [1.54, 1.807) is 24.2 Å². The fourth-order valence-electron chi connectivity index (χ4n) is 2.35. The number of fused-ring (bicyclic) bond motifs is 2. The van der Waals surface area contributed by atoms with E-state index in [1.807, 2.05) is 11.9 Å². The van der Waals surface area contributed by atoms with Gasteiger partial charge in [0.1, 0.15) is 5.03 Å². The SMILES string of the molecule is CNS(=O)(=O)CCN(C)Cc1ccc2c(c1)Nc1nccnc1S2. The van der Waals surface area contributed by atoms with Crippen LogP contribution in [0.25, 0.3) is 0 Å². The smallest absolute Gasteiger partial charge is 0.212 e. The van der Waals surface area contributed by atoms with Crippen LogP contribution in [0.1, 0.15) is 5.56 Å². The standard InChI is InChI=1S/C15H19N5O2S2/c1-16-24(21,22)8-7-20(2)10-11-3-4-13-12(9-11)19-14-15(23-13)18-6-5-17-14/h3-6,9,16H,7-8,10H2,1-2H3,(H,17,19). The van der Waals surface area contributed by atoms with Gasteiger partial charge in [0.2, 0.25) is 10.0 Å². The Morgan fingerprint density at radius 3 is 2.88 bits per heavy atom. The second-order valence-corrected chi connectivity index (χ2v) is 8.61. The molecule has 2 heterocycles. The molecular formula is C15H19N5O2S2. The average Bonchev–Trinajstić information content (AvgIpc) is 2.58. The van der Waals surface area contributed by atoms with Gasteiger partial charge in [-0.1, -0.05) is 17.8 Å². The van der Waals surface area contributed by atoms with Crippen molar-refractivity contribution in [2.75, 3.05) is 31.7 Å². The first-order valence-electron chi connectivity index (χ1n) is 7.45. The Kier molecular flexibility index (Phi) is 5.04. The van der Waals surface area contributed by atoms with E-state index in [9.17, 15) is 8.42 Å². The highest BCUT2D eigenvalue weighted by Gasteiger charge is 2.18. The van der Waals surface area contributed by atoms with E-state index in [2.05, 4.69) is 38.2 Å². The van der Waals surface area contributed by atoms with Crippen LogP contribution in [0.5, 0.6) is 0 Å². The molecule has 0 saturated heterocycles. The Morgan fingerprint density at radius 2 is 2.08 bits per heavy atom. The predicted molar refractivity (Wildman–Crippen MR) is 95.1 cm³/mol. The molecule has 0 spiro atoms. The number of anilines is 2. The zero-order valence-electron chi connectivity index (χ0n) is 13.5. The number of aromatic nitrogens is 2. The third-order valence-electron chi connectivity index (χ3n) is 3.67. The van der Waals surface area contributed by atoms with Gasteiger partial charge in [-0.2, -0.15) is 0 Å². The summed E-state index contributed by atoms with van der Waals surface area (Å²) in [6.45, 7) is 1.14. The highest BCUT2D eigenvalue weighted by atomic mass is 32.2. The lowest BCUT2D eigenvalue weighted by atomic mass is 10.2. The van der Waals surface area contributed by atoms with Crippen molar-refractivity contribution < 1.29 is 8.42 Å². The molecule has 7 nitrogen and oxygen atoms in total. The number of nitrogens with zero attached hydrogens (tertiary/aromatic N) is 3. The molecule has 3 rings (SSSR count). The molecule has 128 valence electrons. The molecule has 1 aromatic carbocycles. The van der Waals surface area contributed by atoms with Crippen LogP contribution >= 0.6 is 11.8 Å². The van der Waals surface area contributed by atoms with Crippen molar-refractivity contribution in [2.45, 2.75) is 16.5 Å². The van der Waals surface area contributed by atoms with Gasteiger partial charge in [-0.25, -0.2) is 23.1 Å².